The second-order valence-corrected chi connectivity index (χ2v) is 7.01. The molecule has 0 amide bonds. The van der Waals surface area contributed by atoms with Crippen molar-refractivity contribution in [2.75, 3.05) is 19.6 Å². The molecule has 0 unspecified atom stereocenters. The second kappa shape index (κ2) is 7.07. The number of halogens is 2. The van der Waals surface area contributed by atoms with Crippen LogP contribution in [0.25, 0.3) is 0 Å². The Hall–Kier alpha value is -0.0900. The number of benzene rings is 1. The van der Waals surface area contributed by atoms with Crippen LogP contribution < -0.4 is 5.73 Å². The predicted octanol–water partition coefficient (Wildman–Crippen LogP) is 3.79. The van der Waals surface area contributed by atoms with Gasteiger partial charge in [-0.1, -0.05) is 28.1 Å². The van der Waals surface area contributed by atoms with E-state index in [1.165, 1.54) is 22.9 Å². The lowest BCUT2D eigenvalue weighted by molar-refractivity contribution is 0.179. The quantitative estimate of drug-likeness (QED) is 0.901. The van der Waals surface area contributed by atoms with Gasteiger partial charge in [0.15, 0.2) is 0 Å². The lowest BCUT2D eigenvalue weighted by atomic mass is 9.89. The van der Waals surface area contributed by atoms with Gasteiger partial charge in [0, 0.05) is 16.6 Å². The summed E-state index contributed by atoms with van der Waals surface area (Å²) in [6.07, 6.45) is 2.49. The van der Waals surface area contributed by atoms with Crippen molar-refractivity contribution in [2.24, 2.45) is 5.73 Å². The smallest absolute Gasteiger partial charge is 0.0226 e. The van der Waals surface area contributed by atoms with Crippen LogP contribution in [0.4, 0.5) is 0 Å². The molecule has 2 N–H and O–H groups in total. The van der Waals surface area contributed by atoms with E-state index in [9.17, 15) is 0 Å². The van der Waals surface area contributed by atoms with E-state index in [4.69, 9.17) is 5.73 Å². The summed E-state index contributed by atoms with van der Waals surface area (Å²) >= 11 is 3.55. The van der Waals surface area contributed by atoms with Gasteiger partial charge in [-0.2, -0.15) is 0 Å². The normalized spacial score (nSPS) is 18.1. The van der Waals surface area contributed by atoms with Crippen LogP contribution in [0.2, 0.25) is 0 Å². The third-order valence-electron chi connectivity index (χ3n) is 3.54. The monoisotopic (exact) mass is 346 g/mol. The average Bonchev–Trinajstić information content (AvgIpc) is 2.28. The largest absolute Gasteiger partial charge is 0.324 e. The Labute approximate surface area is 131 Å². The van der Waals surface area contributed by atoms with Gasteiger partial charge in [0.2, 0.25) is 0 Å². The Morgan fingerprint density at radius 2 is 1.95 bits per heavy atom. The average molecular weight is 348 g/mol. The van der Waals surface area contributed by atoms with E-state index in [-0.39, 0.29) is 17.9 Å². The lowest BCUT2D eigenvalue weighted by Gasteiger charge is -2.36. The summed E-state index contributed by atoms with van der Waals surface area (Å²) in [5.74, 6) is 0.708. The molecule has 0 bridgehead atoms. The third kappa shape index (κ3) is 5.42. The van der Waals surface area contributed by atoms with Crippen LogP contribution in [-0.2, 0) is 0 Å². The van der Waals surface area contributed by atoms with Crippen LogP contribution in [0.15, 0.2) is 28.7 Å². The van der Waals surface area contributed by atoms with Crippen molar-refractivity contribution in [3.05, 3.63) is 34.3 Å². The number of hydrogen-bond acceptors (Lipinski definition) is 2. The molecule has 1 saturated heterocycles. The summed E-state index contributed by atoms with van der Waals surface area (Å²) in [7, 11) is 0. The lowest BCUT2D eigenvalue weighted by Crippen LogP contribution is -2.47. The van der Waals surface area contributed by atoms with Crippen LogP contribution in [0.5, 0.6) is 0 Å². The van der Waals surface area contributed by atoms with Crippen molar-refractivity contribution in [1.82, 2.24) is 4.90 Å². The van der Waals surface area contributed by atoms with E-state index >= 15 is 0 Å². The minimum Gasteiger partial charge on any atom is -0.324 e. The zero-order chi connectivity index (χ0) is 13.2. The van der Waals surface area contributed by atoms with E-state index in [2.05, 4.69) is 58.9 Å². The number of piperidine rings is 1. The molecule has 1 aromatic rings. The maximum absolute atomic E-state index is 6.08. The molecule has 108 valence electrons. The highest BCUT2D eigenvalue weighted by atomic mass is 79.9. The first-order valence-corrected chi connectivity index (χ1v) is 7.50. The Balaban J connectivity index is 0.00000180. The zero-order valence-electron chi connectivity index (χ0n) is 11.7. The molecule has 2 nitrogen and oxygen atoms in total. The third-order valence-corrected chi connectivity index (χ3v) is 4.03. The second-order valence-electron chi connectivity index (χ2n) is 6.09. The van der Waals surface area contributed by atoms with Crippen molar-refractivity contribution in [2.45, 2.75) is 38.1 Å². The van der Waals surface area contributed by atoms with Crippen molar-refractivity contribution >= 4 is 28.3 Å². The van der Waals surface area contributed by atoms with Crippen molar-refractivity contribution in [3.63, 3.8) is 0 Å². The number of nitrogens with two attached hydrogens (primary N) is 1. The molecule has 1 aromatic carbocycles. The highest BCUT2D eigenvalue weighted by molar-refractivity contribution is 9.10. The van der Waals surface area contributed by atoms with Gasteiger partial charge in [0.1, 0.15) is 0 Å². The van der Waals surface area contributed by atoms with Gasteiger partial charge < -0.3 is 10.6 Å². The Morgan fingerprint density at radius 1 is 1.32 bits per heavy atom. The molecule has 1 aliphatic heterocycles. The summed E-state index contributed by atoms with van der Waals surface area (Å²) in [6, 6.07) is 8.73. The van der Waals surface area contributed by atoms with Crippen LogP contribution in [0.1, 0.15) is 38.2 Å². The van der Waals surface area contributed by atoms with Crippen molar-refractivity contribution < 1.29 is 0 Å². The van der Waals surface area contributed by atoms with Gasteiger partial charge in [-0.3, -0.25) is 0 Å². The van der Waals surface area contributed by atoms with Crippen LogP contribution in [0, 0.1) is 0 Å². The molecule has 0 saturated carbocycles. The minimum absolute atomic E-state index is 0. The molecule has 0 radical (unpaired) electrons. The maximum Gasteiger partial charge on any atom is 0.0226 e. The van der Waals surface area contributed by atoms with E-state index in [1.807, 2.05) is 0 Å². The summed E-state index contributed by atoms with van der Waals surface area (Å²) in [6.45, 7) is 7.54. The molecule has 0 spiro atoms. The van der Waals surface area contributed by atoms with Gasteiger partial charge in [-0.05, 0) is 63.4 Å². The van der Waals surface area contributed by atoms with Crippen LogP contribution >= 0.6 is 28.3 Å². The molecule has 1 heterocycles. The Kier molecular flexibility index (Phi) is 6.31. The molecule has 1 fully saturated rings. The zero-order valence-corrected chi connectivity index (χ0v) is 14.1. The standard InChI is InChI=1S/C15H23BrN2.ClH/c1-15(2,17)11-18-8-6-12(7-9-18)13-4-3-5-14(16)10-13;/h3-5,10,12H,6-9,11,17H2,1-2H3;1H. The topological polar surface area (TPSA) is 29.3 Å². The van der Waals surface area contributed by atoms with Gasteiger partial charge >= 0.3 is 0 Å². The van der Waals surface area contributed by atoms with E-state index in [0.717, 1.165) is 19.6 Å². The first-order chi connectivity index (χ1) is 8.44. The Morgan fingerprint density at radius 3 is 2.47 bits per heavy atom. The van der Waals surface area contributed by atoms with Gasteiger partial charge in [-0.25, -0.2) is 0 Å². The summed E-state index contributed by atoms with van der Waals surface area (Å²) in [4.78, 5) is 2.49. The van der Waals surface area contributed by atoms with Gasteiger partial charge in [0.05, 0.1) is 0 Å². The summed E-state index contributed by atoms with van der Waals surface area (Å²) in [5.41, 5.74) is 7.47. The first kappa shape index (κ1) is 17.0. The molecule has 0 aromatic heterocycles. The van der Waals surface area contributed by atoms with Crippen molar-refractivity contribution in [1.29, 1.82) is 0 Å². The van der Waals surface area contributed by atoms with E-state index in [1.54, 1.807) is 0 Å². The highest BCUT2D eigenvalue weighted by Gasteiger charge is 2.23. The number of hydrogen-bond donors (Lipinski definition) is 1. The summed E-state index contributed by atoms with van der Waals surface area (Å²) < 4.78 is 1.19. The SMILES string of the molecule is CC(C)(N)CN1CCC(c2cccc(Br)c2)CC1.Cl. The number of rotatable bonds is 3. The Bertz CT molecular complexity index is 395. The van der Waals surface area contributed by atoms with E-state index in [0.29, 0.717) is 5.92 Å². The van der Waals surface area contributed by atoms with Gasteiger partial charge in [-0.15, -0.1) is 12.4 Å². The predicted molar refractivity (Wildman–Crippen MR) is 88.1 cm³/mol. The van der Waals surface area contributed by atoms with Crippen molar-refractivity contribution in [3.8, 4) is 0 Å². The van der Waals surface area contributed by atoms with E-state index < -0.39 is 0 Å². The summed E-state index contributed by atoms with van der Waals surface area (Å²) in [5, 5.41) is 0. The first-order valence-electron chi connectivity index (χ1n) is 6.71. The fourth-order valence-corrected chi connectivity index (χ4v) is 3.18. The molecule has 0 aliphatic carbocycles. The highest BCUT2D eigenvalue weighted by Crippen LogP contribution is 2.29. The molecule has 1 aliphatic rings. The van der Waals surface area contributed by atoms with Crippen LogP contribution in [-0.4, -0.2) is 30.1 Å². The number of likely N-dealkylation sites (tertiary alicyclic amines) is 1. The number of nitrogens with zero attached hydrogens (tertiary/aromatic N) is 1. The molecule has 2 rings (SSSR count). The minimum atomic E-state index is -0.0807. The van der Waals surface area contributed by atoms with Gasteiger partial charge in [0.25, 0.3) is 0 Å². The molecule has 0 atom stereocenters. The maximum atomic E-state index is 6.08. The fraction of sp³-hybridized carbons (Fsp3) is 0.600. The molecular weight excluding hydrogens is 324 g/mol. The fourth-order valence-electron chi connectivity index (χ4n) is 2.76. The van der Waals surface area contributed by atoms with Crippen LogP contribution in [0.3, 0.4) is 0 Å². The molecular formula is C15H24BrClN2. The molecule has 19 heavy (non-hydrogen) atoms. The molecule has 4 heteroatoms.